The van der Waals surface area contributed by atoms with Gasteiger partial charge in [-0.2, -0.15) is 0 Å². The number of nitrogens with one attached hydrogen (secondary N) is 1. The average Bonchev–Trinajstić information content (AvgIpc) is 3.29. The Labute approximate surface area is 171 Å². The Hall–Kier alpha value is -3.32. The van der Waals surface area contributed by atoms with Crippen molar-refractivity contribution in [2.75, 3.05) is 12.5 Å². The molecule has 0 saturated carbocycles. The van der Waals surface area contributed by atoms with Crippen LogP contribution in [-0.4, -0.2) is 17.7 Å². The van der Waals surface area contributed by atoms with Crippen LogP contribution >= 0.6 is 11.3 Å². The van der Waals surface area contributed by atoms with Gasteiger partial charge >= 0.3 is 0 Å². The van der Waals surface area contributed by atoms with Crippen molar-refractivity contribution >= 4 is 44.1 Å². The predicted molar refractivity (Wildman–Crippen MR) is 115 cm³/mol. The number of anilines is 1. The minimum Gasteiger partial charge on any atom is -0.454 e. The first-order valence-electron chi connectivity index (χ1n) is 9.26. The molecular formula is C22H19N3O3S. The van der Waals surface area contributed by atoms with Crippen molar-refractivity contribution in [3.05, 3.63) is 58.0 Å². The van der Waals surface area contributed by atoms with Crippen LogP contribution in [0.25, 0.3) is 21.1 Å². The Kier molecular flexibility index (Phi) is 4.06. The smallest absolute Gasteiger partial charge is 0.263 e. The number of carbonyl (C=O) groups is 1. The molecule has 4 aromatic rings. The zero-order valence-electron chi connectivity index (χ0n) is 16.0. The minimum atomic E-state index is -0.208. The highest BCUT2D eigenvalue weighted by molar-refractivity contribution is 7.21. The molecule has 0 unspecified atom stereocenters. The topological polar surface area (TPSA) is 86.5 Å². The molecule has 0 radical (unpaired) electrons. The Morgan fingerprint density at radius 3 is 2.86 bits per heavy atom. The number of rotatable bonds is 3. The molecule has 0 bridgehead atoms. The van der Waals surface area contributed by atoms with Crippen molar-refractivity contribution in [2.24, 2.45) is 0 Å². The quantitative estimate of drug-likeness (QED) is 0.530. The fraction of sp³-hybridized carbons (Fsp3) is 0.182. The Bertz CT molecular complexity index is 1300. The fourth-order valence-corrected chi connectivity index (χ4v) is 4.66. The maximum absolute atomic E-state index is 12.8. The average molecular weight is 405 g/mol. The summed E-state index contributed by atoms with van der Waals surface area (Å²) in [6, 6.07) is 11.8. The summed E-state index contributed by atoms with van der Waals surface area (Å²) < 4.78 is 10.7. The van der Waals surface area contributed by atoms with E-state index in [2.05, 4.69) is 24.4 Å². The van der Waals surface area contributed by atoms with Gasteiger partial charge in [-0.1, -0.05) is 17.7 Å². The minimum absolute atomic E-state index is 0.208. The number of aryl methyl sites for hydroxylation is 2. The third kappa shape index (κ3) is 3.03. The largest absolute Gasteiger partial charge is 0.454 e. The van der Waals surface area contributed by atoms with Gasteiger partial charge in [-0.25, -0.2) is 4.98 Å². The van der Waals surface area contributed by atoms with Gasteiger partial charge in [0, 0.05) is 17.3 Å². The second-order valence-corrected chi connectivity index (χ2v) is 8.21. The number of nitrogens with two attached hydrogens (primary N) is 1. The van der Waals surface area contributed by atoms with Crippen LogP contribution in [0.3, 0.4) is 0 Å². The van der Waals surface area contributed by atoms with E-state index in [9.17, 15) is 4.79 Å². The van der Waals surface area contributed by atoms with Gasteiger partial charge in [0.1, 0.15) is 9.71 Å². The first-order valence-corrected chi connectivity index (χ1v) is 10.1. The number of carbonyl (C=O) groups excluding carboxylic acids is 1. The molecule has 146 valence electrons. The normalized spacial score (nSPS) is 12.6. The zero-order valence-corrected chi connectivity index (χ0v) is 16.9. The van der Waals surface area contributed by atoms with E-state index in [-0.39, 0.29) is 12.7 Å². The monoisotopic (exact) mass is 405 g/mol. The van der Waals surface area contributed by atoms with Gasteiger partial charge in [0.15, 0.2) is 11.5 Å². The van der Waals surface area contributed by atoms with E-state index in [1.165, 1.54) is 16.9 Å². The molecule has 0 aliphatic carbocycles. The number of hydrogen-bond acceptors (Lipinski definition) is 6. The second kappa shape index (κ2) is 6.63. The van der Waals surface area contributed by atoms with E-state index in [0.29, 0.717) is 22.9 Å². The molecule has 6 nitrogen and oxygen atoms in total. The summed E-state index contributed by atoms with van der Waals surface area (Å²) in [6.45, 7) is 4.70. The van der Waals surface area contributed by atoms with Gasteiger partial charge in [-0.05, 0) is 49.2 Å². The van der Waals surface area contributed by atoms with E-state index in [1.807, 2.05) is 31.2 Å². The van der Waals surface area contributed by atoms with Crippen molar-refractivity contribution < 1.29 is 14.3 Å². The summed E-state index contributed by atoms with van der Waals surface area (Å²) in [4.78, 5) is 18.8. The molecule has 1 aliphatic rings. The molecule has 2 aromatic heterocycles. The number of thiophene rings is 1. The van der Waals surface area contributed by atoms with Crippen LogP contribution < -0.4 is 20.5 Å². The number of nitrogen functional groups attached to an aromatic ring is 1. The van der Waals surface area contributed by atoms with Gasteiger partial charge in [0.25, 0.3) is 5.91 Å². The van der Waals surface area contributed by atoms with E-state index >= 15 is 0 Å². The van der Waals surface area contributed by atoms with Crippen LogP contribution in [0.1, 0.15) is 26.4 Å². The predicted octanol–water partition coefficient (Wildman–Crippen LogP) is 4.31. The van der Waals surface area contributed by atoms with Crippen LogP contribution in [0.2, 0.25) is 0 Å². The molecule has 3 heterocycles. The van der Waals surface area contributed by atoms with E-state index < -0.39 is 0 Å². The molecule has 3 N–H and O–H groups in total. The summed E-state index contributed by atoms with van der Waals surface area (Å²) in [5.41, 5.74) is 11.0. The van der Waals surface area contributed by atoms with Gasteiger partial charge in [0.05, 0.1) is 11.2 Å². The van der Waals surface area contributed by atoms with Crippen LogP contribution in [-0.2, 0) is 6.54 Å². The Morgan fingerprint density at radius 2 is 2.00 bits per heavy atom. The fourth-order valence-electron chi connectivity index (χ4n) is 3.66. The third-order valence-corrected chi connectivity index (χ3v) is 6.16. The number of aromatic nitrogens is 1. The highest BCUT2D eigenvalue weighted by Crippen LogP contribution is 2.36. The Morgan fingerprint density at radius 1 is 1.17 bits per heavy atom. The lowest BCUT2D eigenvalue weighted by molar-refractivity contribution is 0.0955. The highest BCUT2D eigenvalue weighted by Gasteiger charge is 2.19. The lowest BCUT2D eigenvalue weighted by Crippen LogP contribution is -2.22. The van der Waals surface area contributed by atoms with E-state index in [4.69, 9.17) is 20.2 Å². The molecule has 0 spiro atoms. The summed E-state index contributed by atoms with van der Waals surface area (Å²) in [7, 11) is 0. The molecule has 5 rings (SSSR count). The molecular weight excluding hydrogens is 386 g/mol. The SMILES string of the molecule is Cc1cc(C)c2nc3sc(C(=O)NCc4ccc5c(c4)OCO5)c(N)c3cc2c1. The maximum Gasteiger partial charge on any atom is 0.263 e. The number of ether oxygens (including phenoxy) is 2. The molecule has 29 heavy (non-hydrogen) atoms. The number of nitrogens with zero attached hydrogens (tertiary/aromatic N) is 1. The molecule has 2 aromatic carbocycles. The summed E-state index contributed by atoms with van der Waals surface area (Å²) >= 11 is 1.32. The van der Waals surface area contributed by atoms with Gasteiger partial charge in [-0.3, -0.25) is 4.79 Å². The van der Waals surface area contributed by atoms with Crippen molar-refractivity contribution in [3.63, 3.8) is 0 Å². The van der Waals surface area contributed by atoms with E-state index in [1.54, 1.807) is 0 Å². The number of pyridine rings is 1. The third-order valence-electron chi connectivity index (χ3n) is 5.05. The van der Waals surface area contributed by atoms with Crippen molar-refractivity contribution in [3.8, 4) is 11.5 Å². The zero-order chi connectivity index (χ0) is 20.1. The van der Waals surface area contributed by atoms with Crippen molar-refractivity contribution in [2.45, 2.75) is 20.4 Å². The van der Waals surface area contributed by atoms with Gasteiger partial charge in [-0.15, -0.1) is 11.3 Å². The van der Waals surface area contributed by atoms with Crippen LogP contribution in [0, 0.1) is 13.8 Å². The lowest BCUT2D eigenvalue weighted by atomic mass is 10.1. The molecule has 1 aliphatic heterocycles. The first-order chi connectivity index (χ1) is 14.0. The van der Waals surface area contributed by atoms with Crippen molar-refractivity contribution in [1.29, 1.82) is 0 Å². The number of hydrogen-bond donors (Lipinski definition) is 2. The van der Waals surface area contributed by atoms with Gasteiger partial charge < -0.3 is 20.5 Å². The molecule has 0 atom stereocenters. The highest BCUT2D eigenvalue weighted by atomic mass is 32.1. The standard InChI is InChI=1S/C22H19N3O3S/c1-11-5-12(2)19-14(6-11)8-15-18(23)20(29-22(15)25-19)21(26)24-9-13-3-4-16-17(7-13)28-10-27-16/h3-8H,9-10,23H2,1-2H3,(H,24,26). The summed E-state index contributed by atoms with van der Waals surface area (Å²) in [5, 5.41) is 4.79. The van der Waals surface area contributed by atoms with Crippen LogP contribution in [0.15, 0.2) is 36.4 Å². The maximum atomic E-state index is 12.8. The summed E-state index contributed by atoms with van der Waals surface area (Å²) in [6.07, 6.45) is 0. The second-order valence-electron chi connectivity index (χ2n) is 7.21. The van der Waals surface area contributed by atoms with Crippen LogP contribution in [0.4, 0.5) is 5.69 Å². The number of fused-ring (bicyclic) bond motifs is 3. The Balaban J connectivity index is 1.44. The molecule has 7 heteroatoms. The molecule has 0 saturated heterocycles. The summed E-state index contributed by atoms with van der Waals surface area (Å²) in [5.74, 6) is 1.21. The number of benzene rings is 2. The van der Waals surface area contributed by atoms with E-state index in [0.717, 1.165) is 38.0 Å². The van der Waals surface area contributed by atoms with Gasteiger partial charge in [0.2, 0.25) is 6.79 Å². The van der Waals surface area contributed by atoms with Crippen LogP contribution in [0.5, 0.6) is 11.5 Å². The molecule has 0 fully saturated rings. The lowest BCUT2D eigenvalue weighted by Gasteiger charge is -2.06. The number of amides is 1. The van der Waals surface area contributed by atoms with Crippen molar-refractivity contribution in [1.82, 2.24) is 10.3 Å². The molecule has 1 amide bonds. The first kappa shape index (κ1) is 17.8.